The van der Waals surface area contributed by atoms with Gasteiger partial charge in [-0.15, -0.1) is 0 Å². The summed E-state index contributed by atoms with van der Waals surface area (Å²) in [6.45, 7) is 13.3. The third kappa shape index (κ3) is 2.26. The molecule has 1 heteroatoms. The van der Waals surface area contributed by atoms with Gasteiger partial charge in [0.1, 0.15) is 0 Å². The number of aryl methyl sites for hydroxylation is 1. The van der Waals surface area contributed by atoms with E-state index in [4.69, 9.17) is 6.57 Å². The first-order chi connectivity index (χ1) is 8.22. The third-order valence-corrected chi connectivity index (χ3v) is 2.75. The molecule has 82 valence electrons. The Kier molecular flexibility index (Phi) is 3.07. The average molecular weight is 219 g/mol. The van der Waals surface area contributed by atoms with Crippen LogP contribution < -0.4 is 0 Å². The van der Waals surface area contributed by atoms with E-state index in [9.17, 15) is 0 Å². The lowest BCUT2D eigenvalue weighted by Crippen LogP contribution is -1.86. The molecule has 0 amide bonds. The largest absolute Gasteiger partial charge is 0.238 e. The van der Waals surface area contributed by atoms with E-state index < -0.39 is 0 Å². The predicted molar refractivity (Wildman–Crippen MR) is 72.0 cm³/mol. The summed E-state index contributed by atoms with van der Waals surface area (Å²) < 4.78 is 0. The van der Waals surface area contributed by atoms with Gasteiger partial charge in [-0.25, -0.2) is 4.85 Å². The van der Waals surface area contributed by atoms with Crippen molar-refractivity contribution < 1.29 is 0 Å². The zero-order valence-corrected chi connectivity index (χ0v) is 9.77. The molecule has 0 bridgehead atoms. The fourth-order valence-corrected chi connectivity index (χ4v) is 1.74. The lowest BCUT2D eigenvalue weighted by atomic mass is 9.97. The van der Waals surface area contributed by atoms with Gasteiger partial charge in [0, 0.05) is 0 Å². The van der Waals surface area contributed by atoms with Gasteiger partial charge in [-0.2, -0.15) is 0 Å². The number of hydrogen-bond acceptors (Lipinski definition) is 0. The Morgan fingerprint density at radius 2 is 1.71 bits per heavy atom. The number of hydrogen-bond donors (Lipinski definition) is 0. The maximum Gasteiger partial charge on any atom is 0.194 e. The minimum atomic E-state index is 0.651. The van der Waals surface area contributed by atoms with Gasteiger partial charge in [-0.05, 0) is 23.6 Å². The SMILES string of the molecule is [C-]#[N+]c1ccccc1C(=C)c1ccc(C)cc1. The summed E-state index contributed by atoms with van der Waals surface area (Å²) >= 11 is 0. The Labute approximate surface area is 102 Å². The lowest BCUT2D eigenvalue weighted by Gasteiger charge is -2.08. The van der Waals surface area contributed by atoms with Gasteiger partial charge in [-0.3, -0.25) is 0 Å². The molecule has 0 radical (unpaired) electrons. The first-order valence-corrected chi connectivity index (χ1v) is 5.45. The first-order valence-electron chi connectivity index (χ1n) is 5.45. The lowest BCUT2D eigenvalue weighted by molar-refractivity contribution is 1.45. The van der Waals surface area contributed by atoms with Crippen molar-refractivity contribution in [2.75, 3.05) is 0 Å². The van der Waals surface area contributed by atoms with Crippen LogP contribution in [0.5, 0.6) is 0 Å². The van der Waals surface area contributed by atoms with Gasteiger partial charge < -0.3 is 0 Å². The van der Waals surface area contributed by atoms with Gasteiger partial charge in [0.05, 0.1) is 6.57 Å². The summed E-state index contributed by atoms with van der Waals surface area (Å²) in [5, 5.41) is 0. The van der Waals surface area contributed by atoms with Crippen LogP contribution in [0.15, 0.2) is 55.1 Å². The summed E-state index contributed by atoms with van der Waals surface area (Å²) in [4.78, 5) is 3.52. The Morgan fingerprint density at radius 3 is 2.35 bits per heavy atom. The van der Waals surface area contributed by atoms with Crippen LogP contribution in [0, 0.1) is 13.5 Å². The number of benzene rings is 2. The minimum Gasteiger partial charge on any atom is -0.238 e. The molecule has 0 unspecified atom stereocenters. The molecule has 2 aromatic carbocycles. The molecule has 0 saturated heterocycles. The van der Waals surface area contributed by atoms with Crippen molar-refractivity contribution in [1.29, 1.82) is 0 Å². The van der Waals surface area contributed by atoms with Gasteiger partial charge in [0.15, 0.2) is 5.69 Å². The quantitative estimate of drug-likeness (QED) is 0.650. The van der Waals surface area contributed by atoms with E-state index in [0.717, 1.165) is 16.7 Å². The zero-order chi connectivity index (χ0) is 12.3. The molecule has 0 heterocycles. The van der Waals surface area contributed by atoms with Gasteiger partial charge in [-0.1, -0.05) is 60.7 Å². The molecule has 0 spiro atoms. The molecular weight excluding hydrogens is 206 g/mol. The maximum absolute atomic E-state index is 7.16. The first kappa shape index (κ1) is 11.2. The molecule has 1 nitrogen and oxygen atoms in total. The molecule has 2 aromatic rings. The second-order valence-electron chi connectivity index (χ2n) is 3.97. The van der Waals surface area contributed by atoms with Crippen LogP contribution in [-0.4, -0.2) is 0 Å². The van der Waals surface area contributed by atoms with E-state index in [2.05, 4.69) is 30.5 Å². The van der Waals surface area contributed by atoms with Crippen LogP contribution in [0.1, 0.15) is 16.7 Å². The van der Waals surface area contributed by atoms with Crippen LogP contribution >= 0.6 is 0 Å². The smallest absolute Gasteiger partial charge is 0.194 e. The fraction of sp³-hybridized carbons (Fsp3) is 0.0625. The van der Waals surface area contributed by atoms with E-state index in [-0.39, 0.29) is 0 Å². The Morgan fingerprint density at radius 1 is 1.06 bits per heavy atom. The maximum atomic E-state index is 7.16. The van der Waals surface area contributed by atoms with Crippen LogP contribution in [0.3, 0.4) is 0 Å². The monoisotopic (exact) mass is 219 g/mol. The summed E-state index contributed by atoms with van der Waals surface area (Å²) in [6.07, 6.45) is 0. The Hall–Kier alpha value is -2.33. The van der Waals surface area contributed by atoms with E-state index >= 15 is 0 Å². The number of para-hydroxylation sites is 1. The second kappa shape index (κ2) is 4.67. The molecule has 0 fully saturated rings. The van der Waals surface area contributed by atoms with Crippen molar-refractivity contribution >= 4 is 11.3 Å². The summed E-state index contributed by atoms with van der Waals surface area (Å²) in [5.74, 6) is 0. The minimum absolute atomic E-state index is 0.651. The standard InChI is InChI=1S/C16H13N/c1-12-8-10-14(11-9-12)13(2)15-6-4-5-7-16(15)17-3/h4-11H,2H2,1H3. The highest BCUT2D eigenvalue weighted by atomic mass is 14.6. The summed E-state index contributed by atoms with van der Waals surface area (Å²) in [7, 11) is 0. The Balaban J connectivity index is 2.44. The molecule has 0 saturated carbocycles. The Bertz CT molecular complexity index is 586. The molecule has 0 aliphatic heterocycles. The van der Waals surface area contributed by atoms with Crippen LogP contribution in [0.2, 0.25) is 0 Å². The van der Waals surface area contributed by atoms with E-state index in [0.29, 0.717) is 5.69 Å². The van der Waals surface area contributed by atoms with Gasteiger partial charge in [0.25, 0.3) is 0 Å². The third-order valence-electron chi connectivity index (χ3n) is 2.75. The van der Waals surface area contributed by atoms with Crippen LogP contribution in [0.25, 0.3) is 10.4 Å². The molecule has 0 aliphatic rings. The number of rotatable bonds is 2. The van der Waals surface area contributed by atoms with Crippen molar-refractivity contribution in [3.63, 3.8) is 0 Å². The van der Waals surface area contributed by atoms with E-state index in [1.165, 1.54) is 5.56 Å². The van der Waals surface area contributed by atoms with Crippen LogP contribution in [-0.2, 0) is 0 Å². The van der Waals surface area contributed by atoms with Gasteiger partial charge in [0.2, 0.25) is 0 Å². The normalized spacial score (nSPS) is 9.65. The van der Waals surface area contributed by atoms with Crippen molar-refractivity contribution in [3.8, 4) is 0 Å². The highest BCUT2D eigenvalue weighted by molar-refractivity contribution is 5.85. The van der Waals surface area contributed by atoms with Crippen LogP contribution in [0.4, 0.5) is 5.69 Å². The zero-order valence-electron chi connectivity index (χ0n) is 9.77. The summed E-state index contributed by atoms with van der Waals surface area (Å²) in [6, 6.07) is 15.8. The average Bonchev–Trinajstić information content (AvgIpc) is 2.39. The molecule has 0 N–H and O–H groups in total. The van der Waals surface area contributed by atoms with Crippen molar-refractivity contribution in [2.24, 2.45) is 0 Å². The van der Waals surface area contributed by atoms with Crippen molar-refractivity contribution in [1.82, 2.24) is 0 Å². The predicted octanol–water partition coefficient (Wildman–Crippen LogP) is 4.61. The highest BCUT2D eigenvalue weighted by Gasteiger charge is 2.06. The molecule has 0 aliphatic carbocycles. The summed E-state index contributed by atoms with van der Waals surface area (Å²) in [5.41, 5.74) is 4.74. The molecule has 0 aromatic heterocycles. The topological polar surface area (TPSA) is 4.36 Å². The number of nitrogens with zero attached hydrogens (tertiary/aromatic N) is 1. The molecule has 17 heavy (non-hydrogen) atoms. The fourth-order valence-electron chi connectivity index (χ4n) is 1.74. The molecule has 0 atom stereocenters. The van der Waals surface area contributed by atoms with Crippen molar-refractivity contribution in [3.05, 3.63) is 83.2 Å². The highest BCUT2D eigenvalue weighted by Crippen LogP contribution is 2.29. The van der Waals surface area contributed by atoms with Crippen molar-refractivity contribution in [2.45, 2.75) is 6.92 Å². The second-order valence-corrected chi connectivity index (χ2v) is 3.97. The molecular formula is C16H13N. The van der Waals surface area contributed by atoms with E-state index in [1.807, 2.05) is 36.4 Å². The molecule has 2 rings (SSSR count). The van der Waals surface area contributed by atoms with E-state index in [1.54, 1.807) is 0 Å². The van der Waals surface area contributed by atoms with Gasteiger partial charge >= 0.3 is 0 Å².